The molecule has 3 nitrogen and oxygen atoms in total. The third-order valence-corrected chi connectivity index (χ3v) is 4.03. The van der Waals surface area contributed by atoms with Crippen molar-refractivity contribution >= 4 is 17.7 Å². The molecule has 0 bridgehead atoms. The van der Waals surface area contributed by atoms with Gasteiger partial charge in [-0.1, -0.05) is 42.5 Å². The number of rotatable bonds is 6. The molecule has 2 aromatic carbocycles. The molecule has 1 unspecified atom stereocenters. The number of hydrogen-bond acceptors (Lipinski definition) is 3. The molecule has 0 saturated heterocycles. The van der Waals surface area contributed by atoms with E-state index in [0.717, 1.165) is 16.9 Å². The van der Waals surface area contributed by atoms with Gasteiger partial charge >= 0.3 is 0 Å². The zero-order valence-electron chi connectivity index (χ0n) is 11.0. The maximum Gasteiger partial charge on any atom is 0.248 e. The van der Waals surface area contributed by atoms with E-state index in [9.17, 15) is 9.90 Å². The normalized spacial score (nSPS) is 12.1. The quantitative estimate of drug-likeness (QED) is 0.858. The molecule has 0 fully saturated rings. The molecule has 0 heterocycles. The fourth-order valence-corrected chi connectivity index (χ4v) is 2.82. The Balaban J connectivity index is 1.87. The van der Waals surface area contributed by atoms with Crippen LogP contribution in [0.15, 0.2) is 54.6 Å². The van der Waals surface area contributed by atoms with E-state index in [4.69, 9.17) is 5.73 Å². The molecule has 0 aliphatic heterocycles. The lowest BCUT2D eigenvalue weighted by molar-refractivity contribution is 0.1000. The number of benzene rings is 2. The van der Waals surface area contributed by atoms with Crippen LogP contribution in [-0.4, -0.2) is 16.8 Å². The van der Waals surface area contributed by atoms with E-state index in [1.165, 1.54) is 0 Å². The minimum Gasteiger partial charge on any atom is -0.388 e. The molecular formula is C16H17NO2S. The van der Waals surface area contributed by atoms with Crippen LogP contribution in [0.5, 0.6) is 0 Å². The van der Waals surface area contributed by atoms with E-state index < -0.39 is 12.0 Å². The Kier molecular flexibility index (Phi) is 5.21. The van der Waals surface area contributed by atoms with Gasteiger partial charge in [0.2, 0.25) is 5.91 Å². The Hall–Kier alpha value is -1.78. The highest BCUT2D eigenvalue weighted by Crippen LogP contribution is 2.21. The third kappa shape index (κ3) is 4.11. The maximum absolute atomic E-state index is 11.1. The molecule has 1 amide bonds. The van der Waals surface area contributed by atoms with Crippen LogP contribution in [0, 0.1) is 0 Å². The SMILES string of the molecule is NC(=O)c1cccc(CSCC(O)c2ccccc2)c1. The topological polar surface area (TPSA) is 63.3 Å². The summed E-state index contributed by atoms with van der Waals surface area (Å²) >= 11 is 1.63. The second-order valence-electron chi connectivity index (χ2n) is 4.51. The summed E-state index contributed by atoms with van der Waals surface area (Å²) in [5.74, 6) is 0.941. The predicted molar refractivity (Wildman–Crippen MR) is 82.5 cm³/mol. The third-order valence-electron chi connectivity index (χ3n) is 2.94. The van der Waals surface area contributed by atoms with Crippen molar-refractivity contribution in [3.63, 3.8) is 0 Å². The molecule has 0 aliphatic carbocycles. The van der Waals surface area contributed by atoms with Crippen LogP contribution < -0.4 is 5.73 Å². The van der Waals surface area contributed by atoms with Crippen molar-refractivity contribution in [3.8, 4) is 0 Å². The van der Waals surface area contributed by atoms with Gasteiger partial charge in [0.1, 0.15) is 0 Å². The predicted octanol–water partition coefficient (Wildman–Crippen LogP) is 2.75. The Bertz CT molecular complexity index is 572. The highest BCUT2D eigenvalue weighted by Gasteiger charge is 2.07. The van der Waals surface area contributed by atoms with E-state index in [1.54, 1.807) is 23.9 Å². The average Bonchev–Trinajstić information content (AvgIpc) is 2.48. The first kappa shape index (κ1) is 14.6. The Labute approximate surface area is 122 Å². The molecule has 0 spiro atoms. The summed E-state index contributed by atoms with van der Waals surface area (Å²) in [6.45, 7) is 0. The summed E-state index contributed by atoms with van der Waals surface area (Å²) in [5, 5.41) is 10.0. The summed E-state index contributed by atoms with van der Waals surface area (Å²) in [6.07, 6.45) is -0.472. The lowest BCUT2D eigenvalue weighted by atomic mass is 10.1. The summed E-state index contributed by atoms with van der Waals surface area (Å²) in [6, 6.07) is 16.9. The number of amides is 1. The van der Waals surface area contributed by atoms with Gasteiger partial charge < -0.3 is 10.8 Å². The number of carbonyl (C=O) groups excluding carboxylic acids is 1. The van der Waals surface area contributed by atoms with Crippen molar-refractivity contribution in [2.75, 3.05) is 5.75 Å². The van der Waals surface area contributed by atoms with Crippen molar-refractivity contribution in [1.82, 2.24) is 0 Å². The van der Waals surface area contributed by atoms with E-state index >= 15 is 0 Å². The summed E-state index contributed by atoms with van der Waals surface area (Å²) in [4.78, 5) is 11.1. The zero-order chi connectivity index (χ0) is 14.4. The minimum absolute atomic E-state index is 0.416. The van der Waals surface area contributed by atoms with E-state index in [1.807, 2.05) is 42.5 Å². The molecule has 4 heteroatoms. The minimum atomic E-state index is -0.472. The van der Waals surface area contributed by atoms with E-state index in [2.05, 4.69) is 0 Å². The summed E-state index contributed by atoms with van der Waals surface area (Å²) < 4.78 is 0. The van der Waals surface area contributed by atoms with Gasteiger partial charge in [-0.2, -0.15) is 11.8 Å². The van der Waals surface area contributed by atoms with Crippen LogP contribution >= 0.6 is 11.8 Å². The first-order valence-electron chi connectivity index (χ1n) is 6.36. The van der Waals surface area contributed by atoms with Crippen molar-refractivity contribution < 1.29 is 9.90 Å². The monoisotopic (exact) mass is 287 g/mol. The molecule has 104 valence electrons. The summed E-state index contributed by atoms with van der Waals surface area (Å²) in [7, 11) is 0. The molecule has 2 rings (SSSR count). The van der Waals surface area contributed by atoms with Crippen LogP contribution in [0.25, 0.3) is 0 Å². The molecule has 1 atom stereocenters. The number of carbonyl (C=O) groups is 1. The van der Waals surface area contributed by atoms with Gasteiger partial charge in [-0.25, -0.2) is 0 Å². The van der Waals surface area contributed by atoms with Crippen LogP contribution in [-0.2, 0) is 5.75 Å². The second-order valence-corrected chi connectivity index (χ2v) is 5.54. The van der Waals surface area contributed by atoms with Crippen LogP contribution in [0.1, 0.15) is 27.6 Å². The van der Waals surface area contributed by atoms with Gasteiger partial charge in [-0.15, -0.1) is 0 Å². The molecule has 2 aromatic rings. The van der Waals surface area contributed by atoms with Gasteiger partial charge in [-0.05, 0) is 23.3 Å². The van der Waals surface area contributed by atoms with Gasteiger partial charge in [0, 0.05) is 17.1 Å². The molecule has 0 aliphatic rings. The lowest BCUT2D eigenvalue weighted by Gasteiger charge is -2.10. The molecular weight excluding hydrogens is 270 g/mol. The molecule has 0 aromatic heterocycles. The Morgan fingerprint density at radius 1 is 1.15 bits per heavy atom. The summed E-state index contributed by atoms with van der Waals surface area (Å²) in [5.41, 5.74) is 7.73. The smallest absolute Gasteiger partial charge is 0.248 e. The van der Waals surface area contributed by atoms with Crippen molar-refractivity contribution in [2.24, 2.45) is 5.73 Å². The number of aliphatic hydroxyl groups excluding tert-OH is 1. The largest absolute Gasteiger partial charge is 0.388 e. The second kappa shape index (κ2) is 7.12. The molecule has 3 N–H and O–H groups in total. The van der Waals surface area contributed by atoms with Crippen LogP contribution in [0.4, 0.5) is 0 Å². The van der Waals surface area contributed by atoms with Gasteiger partial charge in [0.25, 0.3) is 0 Å². The fourth-order valence-electron chi connectivity index (χ4n) is 1.87. The number of aliphatic hydroxyl groups is 1. The molecule has 0 radical (unpaired) electrons. The van der Waals surface area contributed by atoms with Gasteiger partial charge in [0.05, 0.1) is 6.10 Å². The molecule has 20 heavy (non-hydrogen) atoms. The van der Waals surface area contributed by atoms with Gasteiger partial charge in [0.15, 0.2) is 0 Å². The number of thioether (sulfide) groups is 1. The van der Waals surface area contributed by atoms with Crippen LogP contribution in [0.3, 0.4) is 0 Å². The zero-order valence-corrected chi connectivity index (χ0v) is 11.8. The maximum atomic E-state index is 11.1. The highest BCUT2D eigenvalue weighted by atomic mass is 32.2. The Morgan fingerprint density at radius 2 is 1.90 bits per heavy atom. The number of primary amides is 1. The van der Waals surface area contributed by atoms with Crippen LogP contribution in [0.2, 0.25) is 0 Å². The average molecular weight is 287 g/mol. The van der Waals surface area contributed by atoms with Crippen molar-refractivity contribution in [2.45, 2.75) is 11.9 Å². The number of nitrogens with two attached hydrogens (primary N) is 1. The highest BCUT2D eigenvalue weighted by molar-refractivity contribution is 7.98. The number of hydrogen-bond donors (Lipinski definition) is 2. The fraction of sp³-hybridized carbons (Fsp3) is 0.188. The van der Waals surface area contributed by atoms with Gasteiger partial charge in [-0.3, -0.25) is 4.79 Å². The standard InChI is InChI=1S/C16H17NO2S/c17-16(19)14-8-4-5-12(9-14)10-20-11-15(18)13-6-2-1-3-7-13/h1-9,15,18H,10-11H2,(H2,17,19). The lowest BCUT2D eigenvalue weighted by Crippen LogP contribution is -2.10. The Morgan fingerprint density at radius 3 is 2.60 bits per heavy atom. The van der Waals surface area contributed by atoms with E-state index in [-0.39, 0.29) is 0 Å². The van der Waals surface area contributed by atoms with E-state index in [0.29, 0.717) is 11.3 Å². The van der Waals surface area contributed by atoms with Crippen molar-refractivity contribution in [3.05, 3.63) is 71.3 Å². The van der Waals surface area contributed by atoms with Crippen molar-refractivity contribution in [1.29, 1.82) is 0 Å². The first-order chi connectivity index (χ1) is 9.66. The first-order valence-corrected chi connectivity index (χ1v) is 7.52. The molecule has 0 saturated carbocycles.